The number of nitrogens with zero attached hydrogens (tertiary/aromatic N) is 1. The number of carbonyl (C=O) groups is 1. The van der Waals surface area contributed by atoms with E-state index in [1.807, 2.05) is 0 Å². The van der Waals surface area contributed by atoms with E-state index in [1.54, 1.807) is 13.8 Å². The van der Waals surface area contributed by atoms with E-state index in [4.69, 9.17) is 9.15 Å². The summed E-state index contributed by atoms with van der Waals surface area (Å²) < 4.78 is 72.1. The second-order valence-electron chi connectivity index (χ2n) is 7.12. The third-order valence-corrected chi connectivity index (χ3v) is 4.81. The molecule has 3 aromatic rings. The van der Waals surface area contributed by atoms with E-state index in [9.17, 15) is 22.0 Å². The molecule has 0 aliphatic carbocycles. The van der Waals surface area contributed by atoms with Crippen molar-refractivity contribution in [2.75, 3.05) is 0 Å². The van der Waals surface area contributed by atoms with Crippen LogP contribution < -0.4 is 24.9 Å². The second-order valence-corrected chi connectivity index (χ2v) is 8.29. The molecule has 0 radical (unpaired) electrons. The first-order chi connectivity index (χ1) is 16.6. The van der Waals surface area contributed by atoms with Crippen molar-refractivity contribution in [3.63, 3.8) is 0 Å². The number of carbonyl (C=O) groups excluding carboxylic acids is 1. The van der Waals surface area contributed by atoms with Crippen molar-refractivity contribution in [1.29, 1.82) is 0 Å². The quantitative estimate of drug-likeness (QED) is 0.366. The SMILES string of the molecule is CC(C)Oc1cc(-c2nc(CNC(=O)c3ccccc3OS(=O)(=O)ON)co2)ccc1OC(F)F. The molecule has 0 saturated carbocycles. The average molecular weight is 513 g/mol. The van der Waals surface area contributed by atoms with Crippen LogP contribution in [0.25, 0.3) is 11.5 Å². The fraction of sp³-hybridized carbons (Fsp3) is 0.238. The number of rotatable bonds is 11. The first-order valence-electron chi connectivity index (χ1n) is 9.98. The van der Waals surface area contributed by atoms with Crippen molar-refractivity contribution < 1.29 is 44.4 Å². The molecule has 14 heteroatoms. The average Bonchev–Trinajstić information content (AvgIpc) is 3.27. The van der Waals surface area contributed by atoms with Gasteiger partial charge in [0.25, 0.3) is 5.91 Å². The lowest BCUT2D eigenvalue weighted by molar-refractivity contribution is -0.0518. The molecule has 0 spiro atoms. The summed E-state index contributed by atoms with van der Waals surface area (Å²) in [5.41, 5.74) is 0.649. The van der Waals surface area contributed by atoms with Crippen molar-refractivity contribution in [2.24, 2.45) is 5.90 Å². The molecule has 0 aliphatic heterocycles. The van der Waals surface area contributed by atoms with Crippen LogP contribution in [0.2, 0.25) is 0 Å². The van der Waals surface area contributed by atoms with E-state index in [0.717, 1.165) is 0 Å². The number of ether oxygens (including phenoxy) is 2. The van der Waals surface area contributed by atoms with Crippen molar-refractivity contribution in [1.82, 2.24) is 10.3 Å². The van der Waals surface area contributed by atoms with Gasteiger partial charge in [-0.1, -0.05) is 12.1 Å². The molecule has 0 bridgehead atoms. The Hall–Kier alpha value is -3.75. The molecule has 188 valence electrons. The first kappa shape index (κ1) is 25.9. The summed E-state index contributed by atoms with van der Waals surface area (Å²) in [6.45, 7) is 0.350. The van der Waals surface area contributed by atoms with Crippen LogP contribution in [0.4, 0.5) is 8.78 Å². The highest BCUT2D eigenvalue weighted by Gasteiger charge is 2.20. The maximum Gasteiger partial charge on any atom is 0.465 e. The zero-order valence-corrected chi connectivity index (χ0v) is 19.3. The Balaban J connectivity index is 1.73. The number of oxazole rings is 1. The third-order valence-electron chi connectivity index (χ3n) is 4.19. The molecule has 0 aliphatic rings. The Morgan fingerprint density at radius 3 is 2.54 bits per heavy atom. The summed E-state index contributed by atoms with van der Waals surface area (Å²) in [5.74, 6) is 3.77. The van der Waals surface area contributed by atoms with Gasteiger partial charge in [-0.15, -0.1) is 0 Å². The highest BCUT2D eigenvalue weighted by Crippen LogP contribution is 2.34. The Labute approximate surface area is 199 Å². The van der Waals surface area contributed by atoms with Crippen molar-refractivity contribution in [3.05, 3.63) is 60.0 Å². The van der Waals surface area contributed by atoms with Gasteiger partial charge in [-0.25, -0.2) is 4.98 Å². The fourth-order valence-electron chi connectivity index (χ4n) is 2.82. The normalized spacial score (nSPS) is 11.5. The van der Waals surface area contributed by atoms with Gasteiger partial charge in [0, 0.05) is 5.56 Å². The molecule has 3 rings (SSSR count). The van der Waals surface area contributed by atoms with Crippen LogP contribution in [0.1, 0.15) is 29.9 Å². The first-order valence-corrected chi connectivity index (χ1v) is 11.3. The van der Waals surface area contributed by atoms with Crippen molar-refractivity contribution in [3.8, 4) is 28.7 Å². The number of hydrogen-bond acceptors (Lipinski definition) is 10. The minimum Gasteiger partial charge on any atom is -0.487 e. The second kappa shape index (κ2) is 11.1. The van der Waals surface area contributed by atoms with Crippen LogP contribution >= 0.6 is 0 Å². The molecule has 1 heterocycles. The molecule has 35 heavy (non-hydrogen) atoms. The zero-order valence-electron chi connectivity index (χ0n) is 18.4. The summed E-state index contributed by atoms with van der Waals surface area (Å²) in [7, 11) is -4.53. The van der Waals surface area contributed by atoms with E-state index in [0.29, 0.717) is 11.3 Å². The predicted octanol–water partition coefficient (Wildman–Crippen LogP) is 3.17. The largest absolute Gasteiger partial charge is 0.487 e. The van der Waals surface area contributed by atoms with Crippen LogP contribution in [-0.4, -0.2) is 32.0 Å². The monoisotopic (exact) mass is 513 g/mol. The fourth-order valence-corrected chi connectivity index (χ4v) is 3.23. The summed E-state index contributed by atoms with van der Waals surface area (Å²) in [6.07, 6.45) is 0.982. The molecular weight excluding hydrogens is 492 g/mol. The van der Waals surface area contributed by atoms with Gasteiger partial charge in [-0.3, -0.25) is 4.79 Å². The van der Waals surface area contributed by atoms with Gasteiger partial charge in [0.1, 0.15) is 6.26 Å². The van der Waals surface area contributed by atoms with Gasteiger partial charge in [0.2, 0.25) is 5.89 Å². The molecule has 0 fully saturated rings. The van der Waals surface area contributed by atoms with E-state index < -0.39 is 22.9 Å². The smallest absolute Gasteiger partial charge is 0.465 e. The summed E-state index contributed by atoms with van der Waals surface area (Å²) in [4.78, 5) is 16.8. The summed E-state index contributed by atoms with van der Waals surface area (Å²) >= 11 is 0. The number of halogens is 2. The van der Waals surface area contributed by atoms with Crippen LogP contribution in [0.5, 0.6) is 17.2 Å². The topological polar surface area (TPSA) is 152 Å². The van der Waals surface area contributed by atoms with E-state index >= 15 is 0 Å². The predicted molar refractivity (Wildman–Crippen MR) is 117 cm³/mol. The number of benzene rings is 2. The maximum atomic E-state index is 12.7. The van der Waals surface area contributed by atoms with Gasteiger partial charge in [0.15, 0.2) is 17.2 Å². The number of aromatic nitrogens is 1. The number of alkyl halides is 2. The lowest BCUT2D eigenvalue weighted by Gasteiger charge is -2.15. The molecular formula is C21H21F2N3O8S. The van der Waals surface area contributed by atoms with Gasteiger partial charge < -0.3 is 23.4 Å². The molecule has 0 saturated heterocycles. The van der Waals surface area contributed by atoms with Gasteiger partial charge >= 0.3 is 17.0 Å². The van der Waals surface area contributed by atoms with E-state index in [-0.39, 0.29) is 41.4 Å². The Kier molecular flexibility index (Phi) is 8.22. The standard InChI is InChI=1S/C21H21F2N3O8S/c1-12(2)31-18-9-13(7-8-17(18)32-21(22)23)20-26-14(11-30-20)10-25-19(27)15-5-3-4-6-16(15)33-35(28,29)34-24/h3-9,11-12,21H,10,24H2,1-2H3,(H,25,27). The molecule has 3 N–H and O–H groups in total. The number of nitrogens with one attached hydrogen (secondary N) is 1. The van der Waals surface area contributed by atoms with Crippen LogP contribution in [-0.2, 0) is 21.2 Å². The zero-order chi connectivity index (χ0) is 25.6. The van der Waals surface area contributed by atoms with Gasteiger partial charge in [-0.05, 0) is 44.2 Å². The maximum absolute atomic E-state index is 12.7. The highest BCUT2D eigenvalue weighted by atomic mass is 32.3. The Morgan fingerprint density at radius 1 is 1.11 bits per heavy atom. The van der Waals surface area contributed by atoms with Crippen LogP contribution in [0.15, 0.2) is 53.1 Å². The van der Waals surface area contributed by atoms with E-state index in [2.05, 4.69) is 29.4 Å². The molecule has 0 unspecified atom stereocenters. The number of amides is 1. The summed E-state index contributed by atoms with van der Waals surface area (Å²) in [5, 5.41) is 2.56. The van der Waals surface area contributed by atoms with Crippen molar-refractivity contribution >= 4 is 16.3 Å². The molecule has 2 aromatic carbocycles. The Morgan fingerprint density at radius 2 is 1.86 bits per heavy atom. The molecule has 0 atom stereocenters. The number of nitrogens with two attached hydrogens (primary N) is 1. The minimum absolute atomic E-state index is 0.0823. The van der Waals surface area contributed by atoms with Crippen molar-refractivity contribution in [2.45, 2.75) is 33.1 Å². The minimum atomic E-state index is -4.53. The number of hydrogen-bond donors (Lipinski definition) is 2. The lowest BCUT2D eigenvalue weighted by Crippen LogP contribution is -2.25. The summed E-state index contributed by atoms with van der Waals surface area (Å²) in [6, 6.07) is 9.76. The van der Waals surface area contributed by atoms with Gasteiger partial charge in [0.05, 0.1) is 23.9 Å². The third kappa shape index (κ3) is 7.11. The molecule has 1 aromatic heterocycles. The van der Waals surface area contributed by atoms with Gasteiger partial charge in [-0.2, -0.15) is 27.4 Å². The van der Waals surface area contributed by atoms with E-state index in [1.165, 1.54) is 48.7 Å². The molecule has 11 nitrogen and oxygen atoms in total. The van der Waals surface area contributed by atoms with Crippen LogP contribution in [0, 0.1) is 0 Å². The number of para-hydroxylation sites is 1. The lowest BCUT2D eigenvalue weighted by atomic mass is 10.2. The Bertz CT molecular complexity index is 1280. The molecule has 1 amide bonds. The highest BCUT2D eigenvalue weighted by molar-refractivity contribution is 7.82. The van der Waals surface area contributed by atoms with Crippen LogP contribution in [0.3, 0.4) is 0 Å².